The standard InChI is InChI=1S/C12H22O2/c1-10(2)12(13)14-9-11-7-5-3-4-6-8-11/h10-11H,3-9H2,1-2H3. The van der Waals surface area contributed by atoms with E-state index >= 15 is 0 Å². The van der Waals surface area contributed by atoms with Crippen molar-refractivity contribution < 1.29 is 9.53 Å². The molecule has 0 heterocycles. The summed E-state index contributed by atoms with van der Waals surface area (Å²) in [6, 6.07) is 0. The number of rotatable bonds is 3. The number of carbonyl (C=O) groups excluding carboxylic acids is 1. The van der Waals surface area contributed by atoms with Crippen molar-refractivity contribution in [2.75, 3.05) is 6.61 Å². The molecule has 0 spiro atoms. The second kappa shape index (κ2) is 6.05. The molecule has 1 aliphatic carbocycles. The molecule has 0 unspecified atom stereocenters. The predicted octanol–water partition coefficient (Wildman–Crippen LogP) is 3.16. The van der Waals surface area contributed by atoms with E-state index in [1.54, 1.807) is 0 Å². The minimum Gasteiger partial charge on any atom is -0.465 e. The largest absolute Gasteiger partial charge is 0.465 e. The zero-order chi connectivity index (χ0) is 10.4. The summed E-state index contributed by atoms with van der Waals surface area (Å²) in [4.78, 5) is 11.2. The van der Waals surface area contributed by atoms with Crippen LogP contribution in [0.4, 0.5) is 0 Å². The molecule has 1 fully saturated rings. The molecule has 0 amide bonds. The van der Waals surface area contributed by atoms with Gasteiger partial charge in [0.05, 0.1) is 12.5 Å². The molecule has 0 aromatic rings. The van der Waals surface area contributed by atoms with E-state index in [0.29, 0.717) is 12.5 Å². The van der Waals surface area contributed by atoms with Gasteiger partial charge in [-0.1, -0.05) is 39.5 Å². The van der Waals surface area contributed by atoms with Crippen LogP contribution in [0.1, 0.15) is 52.4 Å². The van der Waals surface area contributed by atoms with Crippen molar-refractivity contribution in [3.05, 3.63) is 0 Å². The van der Waals surface area contributed by atoms with Gasteiger partial charge >= 0.3 is 5.97 Å². The van der Waals surface area contributed by atoms with Gasteiger partial charge in [0.2, 0.25) is 0 Å². The van der Waals surface area contributed by atoms with E-state index in [4.69, 9.17) is 4.74 Å². The lowest BCUT2D eigenvalue weighted by molar-refractivity contribution is -0.148. The molecule has 0 aromatic heterocycles. The molecule has 1 rings (SSSR count). The van der Waals surface area contributed by atoms with Gasteiger partial charge in [-0.2, -0.15) is 0 Å². The summed E-state index contributed by atoms with van der Waals surface area (Å²) < 4.78 is 5.26. The van der Waals surface area contributed by atoms with Gasteiger partial charge < -0.3 is 4.74 Å². The van der Waals surface area contributed by atoms with E-state index in [1.807, 2.05) is 13.8 Å². The van der Waals surface area contributed by atoms with Crippen LogP contribution in [0.5, 0.6) is 0 Å². The van der Waals surface area contributed by atoms with Gasteiger partial charge in [-0.15, -0.1) is 0 Å². The number of hydrogen-bond donors (Lipinski definition) is 0. The van der Waals surface area contributed by atoms with Crippen LogP contribution in [0, 0.1) is 11.8 Å². The Labute approximate surface area is 87.0 Å². The third kappa shape index (κ3) is 4.12. The molecule has 0 radical (unpaired) electrons. The van der Waals surface area contributed by atoms with Crippen molar-refractivity contribution in [3.63, 3.8) is 0 Å². The molecular weight excluding hydrogens is 176 g/mol. The van der Waals surface area contributed by atoms with E-state index in [1.165, 1.54) is 38.5 Å². The average Bonchev–Trinajstić information content (AvgIpc) is 2.42. The van der Waals surface area contributed by atoms with Gasteiger partial charge in [-0.25, -0.2) is 0 Å². The van der Waals surface area contributed by atoms with E-state index in [2.05, 4.69) is 0 Å². The quantitative estimate of drug-likeness (QED) is 0.514. The third-order valence-corrected chi connectivity index (χ3v) is 2.91. The van der Waals surface area contributed by atoms with Crippen LogP contribution in [-0.4, -0.2) is 12.6 Å². The van der Waals surface area contributed by atoms with Gasteiger partial charge in [0.15, 0.2) is 0 Å². The van der Waals surface area contributed by atoms with Crippen LogP contribution >= 0.6 is 0 Å². The normalized spacial score (nSPS) is 19.4. The zero-order valence-electron chi connectivity index (χ0n) is 9.42. The fourth-order valence-corrected chi connectivity index (χ4v) is 1.90. The molecular formula is C12H22O2. The fourth-order valence-electron chi connectivity index (χ4n) is 1.90. The van der Waals surface area contributed by atoms with Crippen molar-refractivity contribution in [2.24, 2.45) is 11.8 Å². The molecule has 0 aliphatic heterocycles. The van der Waals surface area contributed by atoms with Gasteiger partial charge in [0, 0.05) is 0 Å². The molecule has 1 aliphatic rings. The Morgan fingerprint density at radius 2 is 1.79 bits per heavy atom. The Hall–Kier alpha value is -0.530. The third-order valence-electron chi connectivity index (χ3n) is 2.91. The van der Waals surface area contributed by atoms with E-state index < -0.39 is 0 Å². The molecule has 0 N–H and O–H groups in total. The Balaban J connectivity index is 2.19. The van der Waals surface area contributed by atoms with Crippen LogP contribution in [0.2, 0.25) is 0 Å². The average molecular weight is 198 g/mol. The Bertz CT molecular complexity index is 167. The summed E-state index contributed by atoms with van der Waals surface area (Å²) in [6.45, 7) is 4.42. The summed E-state index contributed by atoms with van der Waals surface area (Å²) in [7, 11) is 0. The van der Waals surface area contributed by atoms with Crippen molar-refractivity contribution in [1.29, 1.82) is 0 Å². The molecule has 0 bridgehead atoms. The molecule has 2 nitrogen and oxygen atoms in total. The van der Waals surface area contributed by atoms with Crippen molar-refractivity contribution >= 4 is 5.97 Å². The number of ether oxygens (including phenoxy) is 1. The zero-order valence-corrected chi connectivity index (χ0v) is 9.42. The van der Waals surface area contributed by atoms with Gasteiger partial charge in [0.25, 0.3) is 0 Å². The lowest BCUT2D eigenvalue weighted by atomic mass is 10.0. The van der Waals surface area contributed by atoms with Crippen molar-refractivity contribution in [1.82, 2.24) is 0 Å². The lowest BCUT2D eigenvalue weighted by Gasteiger charge is -2.14. The minimum atomic E-state index is -0.0470. The number of esters is 1. The molecule has 1 saturated carbocycles. The second-order valence-electron chi connectivity index (χ2n) is 4.64. The van der Waals surface area contributed by atoms with Crippen LogP contribution in [-0.2, 0) is 9.53 Å². The SMILES string of the molecule is CC(C)C(=O)OCC1CCCCCC1. The van der Waals surface area contributed by atoms with Crippen LogP contribution in [0.15, 0.2) is 0 Å². The van der Waals surface area contributed by atoms with Gasteiger partial charge in [-0.05, 0) is 18.8 Å². The summed E-state index contributed by atoms with van der Waals surface area (Å²) in [5.74, 6) is 0.593. The predicted molar refractivity (Wildman–Crippen MR) is 57.0 cm³/mol. The number of hydrogen-bond acceptors (Lipinski definition) is 2. The highest BCUT2D eigenvalue weighted by Crippen LogP contribution is 2.23. The maximum atomic E-state index is 11.2. The van der Waals surface area contributed by atoms with Gasteiger partial charge in [-0.3, -0.25) is 4.79 Å². The Kier molecular flexibility index (Phi) is 4.99. The fraction of sp³-hybridized carbons (Fsp3) is 0.917. The summed E-state index contributed by atoms with van der Waals surface area (Å²) >= 11 is 0. The van der Waals surface area contributed by atoms with Crippen molar-refractivity contribution in [3.8, 4) is 0 Å². The molecule has 0 aromatic carbocycles. The maximum Gasteiger partial charge on any atom is 0.308 e. The first-order chi connectivity index (χ1) is 6.70. The number of carbonyl (C=O) groups is 1. The topological polar surface area (TPSA) is 26.3 Å². The summed E-state index contributed by atoms with van der Waals surface area (Å²) in [5, 5.41) is 0. The van der Waals surface area contributed by atoms with Crippen LogP contribution in [0.25, 0.3) is 0 Å². The lowest BCUT2D eigenvalue weighted by Crippen LogP contribution is -2.17. The first kappa shape index (κ1) is 11.5. The highest BCUT2D eigenvalue weighted by Gasteiger charge is 2.15. The Morgan fingerprint density at radius 1 is 1.21 bits per heavy atom. The Morgan fingerprint density at radius 3 is 2.29 bits per heavy atom. The van der Waals surface area contributed by atoms with Crippen LogP contribution in [0.3, 0.4) is 0 Å². The minimum absolute atomic E-state index is 0.0146. The van der Waals surface area contributed by atoms with E-state index in [-0.39, 0.29) is 11.9 Å². The maximum absolute atomic E-state index is 11.2. The molecule has 2 heteroatoms. The highest BCUT2D eigenvalue weighted by atomic mass is 16.5. The first-order valence-corrected chi connectivity index (χ1v) is 5.87. The highest BCUT2D eigenvalue weighted by molar-refractivity contribution is 5.71. The molecule has 0 saturated heterocycles. The second-order valence-corrected chi connectivity index (χ2v) is 4.64. The molecule has 14 heavy (non-hydrogen) atoms. The molecule has 0 atom stereocenters. The van der Waals surface area contributed by atoms with Crippen molar-refractivity contribution in [2.45, 2.75) is 52.4 Å². The summed E-state index contributed by atoms with van der Waals surface area (Å²) in [5.41, 5.74) is 0. The van der Waals surface area contributed by atoms with E-state index in [9.17, 15) is 4.79 Å². The van der Waals surface area contributed by atoms with Gasteiger partial charge in [0.1, 0.15) is 0 Å². The monoisotopic (exact) mass is 198 g/mol. The van der Waals surface area contributed by atoms with Crippen LogP contribution < -0.4 is 0 Å². The smallest absolute Gasteiger partial charge is 0.308 e. The molecule has 82 valence electrons. The first-order valence-electron chi connectivity index (χ1n) is 5.87. The van der Waals surface area contributed by atoms with E-state index in [0.717, 1.165) is 0 Å². The summed E-state index contributed by atoms with van der Waals surface area (Å²) in [6.07, 6.45) is 7.81.